The largest absolute Gasteiger partial charge is 0.444 e. The Morgan fingerprint density at radius 3 is 2.06 bits per heavy atom. The van der Waals surface area contributed by atoms with Gasteiger partial charge in [0, 0.05) is 13.1 Å². The minimum atomic E-state index is -0.811. The zero-order valence-corrected chi connectivity index (χ0v) is 22.9. The van der Waals surface area contributed by atoms with Crippen molar-refractivity contribution in [2.45, 2.75) is 97.4 Å². The van der Waals surface area contributed by atoms with Crippen molar-refractivity contribution < 1.29 is 29.0 Å². The highest BCUT2D eigenvalue weighted by Crippen LogP contribution is 2.14. The van der Waals surface area contributed by atoms with Crippen molar-refractivity contribution in [1.29, 1.82) is 0 Å². The van der Waals surface area contributed by atoms with E-state index in [-0.39, 0.29) is 12.5 Å². The summed E-state index contributed by atoms with van der Waals surface area (Å²) < 4.78 is 10.6. The number of ether oxygens (including phenoxy) is 2. The van der Waals surface area contributed by atoms with Gasteiger partial charge in [-0.15, -0.1) is 0 Å². The van der Waals surface area contributed by atoms with Crippen LogP contribution in [0.1, 0.15) is 73.3 Å². The number of aliphatic hydroxyl groups is 1. The molecule has 0 aliphatic rings. The number of benzene rings is 1. The lowest BCUT2D eigenvalue weighted by atomic mass is 10.0. The Kier molecular flexibility index (Phi) is 12.7. The van der Waals surface area contributed by atoms with Crippen LogP contribution < -0.4 is 10.6 Å². The summed E-state index contributed by atoms with van der Waals surface area (Å²) in [7, 11) is 0. The van der Waals surface area contributed by atoms with Gasteiger partial charge >= 0.3 is 12.2 Å². The molecule has 0 saturated carbocycles. The van der Waals surface area contributed by atoms with Crippen LogP contribution in [0, 0.1) is 0 Å². The number of likely N-dealkylation sites (N-methyl/N-ethyl adjacent to an activating group) is 1. The van der Waals surface area contributed by atoms with E-state index in [0.717, 1.165) is 5.56 Å². The highest BCUT2D eigenvalue weighted by Gasteiger charge is 2.31. The molecule has 0 unspecified atom stereocenters. The van der Waals surface area contributed by atoms with Crippen LogP contribution in [0.3, 0.4) is 0 Å². The number of aryl methyl sites for hydroxylation is 1. The second kappa shape index (κ2) is 14.7. The maximum Gasteiger partial charge on any atom is 0.408 e. The summed E-state index contributed by atoms with van der Waals surface area (Å²) in [6.45, 7) is 13.0. The molecule has 9 heteroatoms. The Hall–Kier alpha value is -2.81. The van der Waals surface area contributed by atoms with E-state index in [0.29, 0.717) is 38.8 Å². The number of carbonyl (C=O) groups is 3. The fraction of sp³-hybridized carbons (Fsp3) is 0.667. The first kappa shape index (κ1) is 31.2. The van der Waals surface area contributed by atoms with E-state index >= 15 is 0 Å². The third-order valence-electron chi connectivity index (χ3n) is 5.21. The van der Waals surface area contributed by atoms with Gasteiger partial charge in [-0.25, -0.2) is 9.59 Å². The number of alkyl carbamates (subject to hydrolysis) is 2. The molecule has 0 radical (unpaired) electrons. The molecule has 0 bridgehead atoms. The van der Waals surface area contributed by atoms with Crippen molar-refractivity contribution in [3.05, 3.63) is 35.9 Å². The fourth-order valence-corrected chi connectivity index (χ4v) is 3.65. The molecule has 2 atom stereocenters. The number of hydrogen-bond acceptors (Lipinski definition) is 6. The van der Waals surface area contributed by atoms with Crippen molar-refractivity contribution in [3.63, 3.8) is 0 Å². The lowest BCUT2D eigenvalue weighted by Crippen LogP contribution is -2.53. The van der Waals surface area contributed by atoms with Crippen LogP contribution in [-0.2, 0) is 20.7 Å². The van der Waals surface area contributed by atoms with Crippen LogP contribution >= 0.6 is 0 Å². The quantitative estimate of drug-likeness (QED) is 0.368. The van der Waals surface area contributed by atoms with Gasteiger partial charge in [0.15, 0.2) is 0 Å². The van der Waals surface area contributed by atoms with E-state index in [1.165, 1.54) is 0 Å². The summed E-state index contributed by atoms with van der Waals surface area (Å²) in [5.41, 5.74) is -0.230. The Morgan fingerprint density at radius 2 is 1.53 bits per heavy atom. The second-order valence-corrected chi connectivity index (χ2v) is 10.8. The normalized spacial score (nSPS) is 13.3. The van der Waals surface area contributed by atoms with Crippen molar-refractivity contribution in [2.24, 2.45) is 0 Å². The molecule has 1 aromatic carbocycles. The first-order chi connectivity index (χ1) is 16.8. The Morgan fingerprint density at radius 1 is 0.944 bits per heavy atom. The maximum absolute atomic E-state index is 13.5. The number of hydrogen-bond donors (Lipinski definition) is 3. The van der Waals surface area contributed by atoms with Crippen LogP contribution in [0.2, 0.25) is 0 Å². The number of amides is 3. The standard InChI is InChI=1S/C27H45N3O6/c1-8-30(21(19-31)15-12-18-28-24(33)35-26(2,3)4)23(32)22(29-25(34)36-27(5,6)7)17-16-20-13-10-9-11-14-20/h9-11,13-14,21-22,31H,8,12,15-19H2,1-7H3,(H,28,33)(H,29,34)/t21-,22-/m0/s1. The van der Waals surface area contributed by atoms with Gasteiger partial charge in [-0.3, -0.25) is 4.79 Å². The minimum Gasteiger partial charge on any atom is -0.444 e. The molecular formula is C27H45N3O6. The van der Waals surface area contributed by atoms with E-state index in [1.807, 2.05) is 37.3 Å². The molecule has 36 heavy (non-hydrogen) atoms. The molecule has 0 spiro atoms. The highest BCUT2D eigenvalue weighted by atomic mass is 16.6. The molecule has 1 aromatic rings. The molecule has 0 heterocycles. The smallest absolute Gasteiger partial charge is 0.408 e. The third kappa shape index (κ3) is 12.8. The Balaban J connectivity index is 2.85. The van der Waals surface area contributed by atoms with Gasteiger partial charge in [-0.05, 0) is 79.7 Å². The number of rotatable bonds is 12. The molecule has 0 saturated heterocycles. The number of nitrogens with zero attached hydrogens (tertiary/aromatic N) is 1. The topological polar surface area (TPSA) is 117 Å². The summed E-state index contributed by atoms with van der Waals surface area (Å²) in [6, 6.07) is 8.46. The van der Waals surface area contributed by atoms with Crippen LogP contribution in [0.15, 0.2) is 30.3 Å². The minimum absolute atomic E-state index is 0.232. The molecule has 9 nitrogen and oxygen atoms in total. The Labute approximate surface area is 215 Å². The second-order valence-electron chi connectivity index (χ2n) is 10.8. The average molecular weight is 508 g/mol. The predicted octanol–water partition coefficient (Wildman–Crippen LogP) is 4.03. The summed E-state index contributed by atoms with van der Waals surface area (Å²) in [5, 5.41) is 15.5. The summed E-state index contributed by atoms with van der Waals surface area (Å²) >= 11 is 0. The first-order valence-electron chi connectivity index (χ1n) is 12.7. The zero-order valence-electron chi connectivity index (χ0n) is 22.9. The molecular weight excluding hydrogens is 462 g/mol. The first-order valence-corrected chi connectivity index (χ1v) is 12.7. The number of aliphatic hydroxyl groups excluding tert-OH is 1. The predicted molar refractivity (Wildman–Crippen MR) is 140 cm³/mol. The maximum atomic E-state index is 13.5. The van der Waals surface area contributed by atoms with Gasteiger partial charge < -0.3 is 30.1 Å². The monoisotopic (exact) mass is 507 g/mol. The molecule has 0 aliphatic heterocycles. The van der Waals surface area contributed by atoms with Crippen molar-refractivity contribution in [2.75, 3.05) is 19.7 Å². The van der Waals surface area contributed by atoms with Crippen molar-refractivity contribution in [1.82, 2.24) is 15.5 Å². The van der Waals surface area contributed by atoms with E-state index < -0.39 is 35.5 Å². The summed E-state index contributed by atoms with van der Waals surface area (Å²) in [6.07, 6.45) is 0.832. The van der Waals surface area contributed by atoms with Gasteiger partial charge in [0.25, 0.3) is 0 Å². The average Bonchev–Trinajstić information content (AvgIpc) is 2.76. The van der Waals surface area contributed by atoms with Gasteiger partial charge in [0.05, 0.1) is 12.6 Å². The van der Waals surface area contributed by atoms with Gasteiger partial charge in [-0.1, -0.05) is 30.3 Å². The van der Waals surface area contributed by atoms with Crippen molar-refractivity contribution in [3.8, 4) is 0 Å². The third-order valence-corrected chi connectivity index (χ3v) is 5.21. The van der Waals surface area contributed by atoms with E-state index in [1.54, 1.807) is 46.4 Å². The Bertz CT molecular complexity index is 817. The van der Waals surface area contributed by atoms with Crippen LogP contribution in [-0.4, -0.2) is 71.1 Å². The number of carbonyl (C=O) groups excluding carboxylic acids is 3. The summed E-state index contributed by atoms with van der Waals surface area (Å²) in [5.74, 6) is -0.279. The lowest BCUT2D eigenvalue weighted by Gasteiger charge is -2.33. The lowest BCUT2D eigenvalue weighted by molar-refractivity contribution is -0.137. The van der Waals surface area contributed by atoms with E-state index in [2.05, 4.69) is 10.6 Å². The van der Waals surface area contributed by atoms with Crippen LogP contribution in [0.4, 0.5) is 9.59 Å². The van der Waals surface area contributed by atoms with Crippen LogP contribution in [0.5, 0.6) is 0 Å². The van der Waals surface area contributed by atoms with Crippen LogP contribution in [0.25, 0.3) is 0 Å². The molecule has 3 amide bonds. The van der Waals surface area contributed by atoms with Gasteiger partial charge in [-0.2, -0.15) is 0 Å². The van der Waals surface area contributed by atoms with E-state index in [9.17, 15) is 19.5 Å². The molecule has 3 N–H and O–H groups in total. The molecule has 1 rings (SSSR count). The molecule has 0 fully saturated rings. The van der Waals surface area contributed by atoms with Gasteiger partial charge in [0.2, 0.25) is 5.91 Å². The highest BCUT2D eigenvalue weighted by molar-refractivity contribution is 5.86. The number of nitrogens with one attached hydrogen (secondary N) is 2. The van der Waals surface area contributed by atoms with E-state index in [4.69, 9.17) is 9.47 Å². The SMILES string of the molecule is CCN(C(=O)[C@H](CCc1ccccc1)NC(=O)OC(C)(C)C)[C@H](CO)CCCNC(=O)OC(C)(C)C. The van der Waals surface area contributed by atoms with Crippen molar-refractivity contribution >= 4 is 18.1 Å². The van der Waals surface area contributed by atoms with Gasteiger partial charge in [0.1, 0.15) is 17.2 Å². The zero-order chi connectivity index (χ0) is 27.4. The molecule has 0 aliphatic carbocycles. The molecule has 204 valence electrons. The summed E-state index contributed by atoms with van der Waals surface area (Å²) in [4.78, 5) is 39.5. The fourth-order valence-electron chi connectivity index (χ4n) is 3.65. The molecule has 0 aromatic heterocycles.